The highest BCUT2D eigenvalue weighted by molar-refractivity contribution is 7.89. The first-order valence-electron chi connectivity index (χ1n) is 15.5. The van der Waals surface area contributed by atoms with E-state index in [-0.39, 0.29) is 80.6 Å². The summed E-state index contributed by atoms with van der Waals surface area (Å²) in [7, 11) is -2.10. The van der Waals surface area contributed by atoms with E-state index in [9.17, 15) is 41.4 Å². The summed E-state index contributed by atoms with van der Waals surface area (Å²) in [4.78, 5) is 32.2. The quantitative estimate of drug-likeness (QED) is 0.388. The predicted octanol–water partition coefficient (Wildman–Crippen LogP) is 2.65. The maximum Gasteiger partial charge on any atom is 0.416 e. The molecule has 1 fully saturated rings. The van der Waals surface area contributed by atoms with Crippen LogP contribution in [-0.2, 0) is 27.4 Å². The monoisotopic (exact) mass is 680 g/mol. The summed E-state index contributed by atoms with van der Waals surface area (Å²) >= 11 is 0. The second-order valence-electron chi connectivity index (χ2n) is 12.4. The molecule has 2 atom stereocenters. The molecule has 5 aliphatic rings. The Bertz CT molecular complexity index is 1660. The van der Waals surface area contributed by atoms with Crippen molar-refractivity contribution < 1.29 is 46.1 Å². The molecule has 0 aliphatic carbocycles. The van der Waals surface area contributed by atoms with Crippen molar-refractivity contribution in [3.63, 3.8) is 0 Å². The Labute approximate surface area is 271 Å². The number of amides is 2. The molecule has 2 amide bonds. The molecule has 2 unspecified atom stereocenters. The van der Waals surface area contributed by atoms with Gasteiger partial charge in [0.05, 0.1) is 30.1 Å². The number of amidine groups is 1. The molecule has 7 rings (SSSR count). The van der Waals surface area contributed by atoms with Crippen LogP contribution in [0.25, 0.3) is 0 Å². The van der Waals surface area contributed by atoms with Gasteiger partial charge in [-0.25, -0.2) is 12.7 Å². The van der Waals surface area contributed by atoms with E-state index in [4.69, 9.17) is 4.74 Å². The molecular weight excluding hydrogens is 641 g/mol. The van der Waals surface area contributed by atoms with E-state index < -0.39 is 45.4 Å². The summed E-state index contributed by atoms with van der Waals surface area (Å²) in [6, 6.07) is 8.08. The van der Waals surface area contributed by atoms with Crippen LogP contribution in [0.1, 0.15) is 64.7 Å². The molecule has 5 heterocycles. The third kappa shape index (κ3) is 7.79. The number of halogens is 3. The predicted molar refractivity (Wildman–Crippen MR) is 167 cm³/mol. The van der Waals surface area contributed by atoms with Crippen LogP contribution in [0.3, 0.4) is 0 Å². The Morgan fingerprint density at radius 2 is 1.70 bits per heavy atom. The second-order valence-corrected chi connectivity index (χ2v) is 14.5. The van der Waals surface area contributed by atoms with E-state index >= 15 is 0 Å². The van der Waals surface area contributed by atoms with Gasteiger partial charge in [0.15, 0.2) is 0 Å². The number of hydrogen-bond donors (Lipinski definition) is 3. The summed E-state index contributed by atoms with van der Waals surface area (Å²) < 4.78 is 74.9. The largest absolute Gasteiger partial charge is 0.493 e. The fraction of sp³-hybridized carbons (Fsp3) is 0.531. The standard InChI is InChI=1S/C32H39F3N4O7S/c1-20-16-22-6-5-21(20)8-15-47(44,45)39-12-9-31(10-13-39)30(43)36-28(37-31)23-17-24(32(33,34)35)19-25(18-23)46-14-7-27(41)26(40)4-3-11-38(2)29(22)42/h5-6,16-19,26-27,40-41H,3-4,7-15H2,1-2H3,(H,36,37,43). The van der Waals surface area contributed by atoms with Crippen molar-refractivity contribution in [2.24, 2.45) is 4.99 Å². The van der Waals surface area contributed by atoms with Crippen LogP contribution in [-0.4, -0.2) is 102 Å². The summed E-state index contributed by atoms with van der Waals surface area (Å²) in [5.41, 5.74) is -0.411. The number of piperidine rings is 1. The van der Waals surface area contributed by atoms with Crippen LogP contribution < -0.4 is 10.1 Å². The lowest BCUT2D eigenvalue weighted by Gasteiger charge is -2.34. The van der Waals surface area contributed by atoms with Crippen LogP contribution in [0, 0.1) is 6.92 Å². The van der Waals surface area contributed by atoms with Gasteiger partial charge in [-0.2, -0.15) is 13.2 Å². The minimum absolute atomic E-state index is 0.0103. The molecular formula is C32H39F3N4O7S. The van der Waals surface area contributed by atoms with E-state index in [1.807, 2.05) is 0 Å². The highest BCUT2D eigenvalue weighted by atomic mass is 32.2. The molecule has 47 heavy (non-hydrogen) atoms. The number of rotatable bonds is 0. The van der Waals surface area contributed by atoms with Crippen molar-refractivity contribution >= 4 is 27.7 Å². The lowest BCUT2D eigenvalue weighted by molar-refractivity contribution is -0.137. The molecule has 15 heteroatoms. The number of nitrogens with one attached hydrogen (secondary N) is 1. The number of hydrogen-bond acceptors (Lipinski definition) is 8. The summed E-state index contributed by atoms with van der Waals surface area (Å²) in [6.45, 7) is 1.91. The van der Waals surface area contributed by atoms with Crippen molar-refractivity contribution in [1.82, 2.24) is 14.5 Å². The third-order valence-corrected chi connectivity index (χ3v) is 11.0. The van der Waals surface area contributed by atoms with Gasteiger partial charge in [0.1, 0.15) is 17.1 Å². The van der Waals surface area contributed by atoms with Crippen molar-refractivity contribution in [3.8, 4) is 5.75 Å². The zero-order valence-corrected chi connectivity index (χ0v) is 27.0. The number of aliphatic hydroxyl groups excluding tert-OH is 2. The summed E-state index contributed by atoms with van der Waals surface area (Å²) in [5.74, 6) is -1.19. The number of aryl methyl sites for hydroxylation is 2. The first-order chi connectivity index (χ1) is 22.1. The highest BCUT2D eigenvalue weighted by Gasteiger charge is 2.47. The molecule has 11 nitrogen and oxygen atoms in total. The molecule has 0 aromatic heterocycles. The molecule has 256 valence electrons. The van der Waals surface area contributed by atoms with E-state index in [0.29, 0.717) is 18.5 Å². The molecule has 2 aromatic rings. The first kappa shape index (κ1) is 34.8. The molecule has 3 N–H and O–H groups in total. The minimum Gasteiger partial charge on any atom is -0.493 e. The van der Waals surface area contributed by atoms with Gasteiger partial charge in [-0.15, -0.1) is 0 Å². The normalized spacial score (nSPS) is 27.7. The Morgan fingerprint density at radius 1 is 1.00 bits per heavy atom. The van der Waals surface area contributed by atoms with E-state index in [2.05, 4.69) is 10.3 Å². The molecule has 1 spiro atoms. The lowest BCUT2D eigenvalue weighted by atomic mass is 9.89. The number of carbonyl (C=O) groups excluding carboxylic acids is 2. The number of fused-ring (bicyclic) bond motifs is 2. The fourth-order valence-electron chi connectivity index (χ4n) is 6.13. The van der Waals surface area contributed by atoms with Gasteiger partial charge in [-0.1, -0.05) is 6.07 Å². The number of aliphatic hydroxyl groups is 2. The Kier molecular flexibility index (Phi) is 10.0. The van der Waals surface area contributed by atoms with Gasteiger partial charge in [0, 0.05) is 44.2 Å². The van der Waals surface area contributed by atoms with Crippen LogP contribution >= 0.6 is 0 Å². The van der Waals surface area contributed by atoms with Crippen LogP contribution in [0.4, 0.5) is 13.2 Å². The van der Waals surface area contributed by atoms with E-state index in [1.165, 1.54) is 15.3 Å². The third-order valence-electron chi connectivity index (χ3n) is 9.12. The van der Waals surface area contributed by atoms with Gasteiger partial charge >= 0.3 is 6.18 Å². The summed E-state index contributed by atoms with van der Waals surface area (Å²) in [5, 5.41) is 23.5. The maximum atomic E-state index is 13.8. The number of ether oxygens (including phenoxy) is 1. The zero-order chi connectivity index (χ0) is 34.1. The molecule has 5 aliphatic heterocycles. The van der Waals surface area contributed by atoms with E-state index in [0.717, 1.165) is 23.3 Å². The number of aliphatic imine (C=N–C) groups is 1. The molecule has 0 radical (unpaired) electrons. The first-order valence-corrected chi connectivity index (χ1v) is 17.1. The second kappa shape index (κ2) is 13.5. The number of sulfonamides is 1. The average Bonchev–Trinajstić information content (AvgIpc) is 3.33. The van der Waals surface area contributed by atoms with Crippen molar-refractivity contribution in [1.29, 1.82) is 0 Å². The van der Waals surface area contributed by atoms with Gasteiger partial charge in [-0.05, 0) is 80.5 Å². The van der Waals surface area contributed by atoms with Crippen molar-refractivity contribution in [2.45, 2.75) is 69.4 Å². The number of carbonyl (C=O) groups is 2. The topological polar surface area (TPSA) is 149 Å². The Hall–Kier alpha value is -3.53. The number of alkyl halides is 3. The lowest BCUT2D eigenvalue weighted by Crippen LogP contribution is -2.50. The van der Waals surface area contributed by atoms with Crippen LogP contribution in [0.15, 0.2) is 41.4 Å². The van der Waals surface area contributed by atoms with Gasteiger partial charge in [0.25, 0.3) is 11.8 Å². The summed E-state index contributed by atoms with van der Waals surface area (Å²) in [6.07, 6.45) is -6.34. The molecule has 2 aromatic carbocycles. The average molecular weight is 681 g/mol. The Morgan fingerprint density at radius 3 is 2.38 bits per heavy atom. The van der Waals surface area contributed by atoms with Crippen molar-refractivity contribution in [3.05, 3.63) is 64.2 Å². The molecule has 0 saturated carbocycles. The fourth-order valence-corrected chi connectivity index (χ4v) is 7.60. The molecule has 1 saturated heterocycles. The van der Waals surface area contributed by atoms with Crippen molar-refractivity contribution in [2.75, 3.05) is 39.0 Å². The van der Waals surface area contributed by atoms with Gasteiger partial charge in [0.2, 0.25) is 10.0 Å². The van der Waals surface area contributed by atoms with Gasteiger partial charge < -0.3 is 25.2 Å². The molecule has 7 bridgehead atoms. The minimum atomic E-state index is -4.74. The number of benzene rings is 2. The van der Waals surface area contributed by atoms with Crippen LogP contribution in [0.5, 0.6) is 5.75 Å². The van der Waals surface area contributed by atoms with Crippen LogP contribution in [0.2, 0.25) is 0 Å². The Balaban J connectivity index is 1.42. The maximum absolute atomic E-state index is 13.8. The highest BCUT2D eigenvalue weighted by Crippen LogP contribution is 2.36. The van der Waals surface area contributed by atoms with E-state index in [1.54, 1.807) is 32.2 Å². The van der Waals surface area contributed by atoms with Gasteiger partial charge in [-0.3, -0.25) is 14.6 Å². The SMILES string of the molecule is Cc1cc2ccc1CCS(=O)(=O)N1CCC3(CC1)N=C(NC3=O)c1cc(cc(C(F)(F)F)c1)OCCC(O)C(O)CCCN(C)C2=O. The smallest absolute Gasteiger partial charge is 0.416 e. The number of nitrogens with zero attached hydrogens (tertiary/aromatic N) is 3. The zero-order valence-electron chi connectivity index (χ0n) is 26.2.